The first-order valence-corrected chi connectivity index (χ1v) is 5.25. The van der Waals surface area contributed by atoms with Gasteiger partial charge < -0.3 is 5.73 Å². The summed E-state index contributed by atoms with van der Waals surface area (Å²) in [6, 6.07) is 3.54. The molecule has 2 rings (SSSR count). The van der Waals surface area contributed by atoms with Gasteiger partial charge in [0.15, 0.2) is 0 Å². The van der Waals surface area contributed by atoms with E-state index in [2.05, 4.69) is 32.7 Å². The van der Waals surface area contributed by atoms with Crippen LogP contribution in [0.1, 0.15) is 5.69 Å². The number of nitrogens with two attached hydrogens (primary N) is 1. The predicted molar refractivity (Wildman–Crippen MR) is 65.1 cm³/mol. The molecule has 0 amide bonds. The number of hydrogen-bond donors (Lipinski definition) is 2. The van der Waals surface area contributed by atoms with Crippen LogP contribution in [0, 0.1) is 8.98 Å². The van der Waals surface area contributed by atoms with E-state index in [-0.39, 0.29) is 5.84 Å². The molecule has 15 heavy (non-hydrogen) atoms. The molecule has 0 aliphatic rings. The molecule has 0 unspecified atom stereocenters. The maximum Gasteiger partial charge on any atom is 0.141 e. The SMILES string of the molecule is N=C(N)c1cc(-n2cc(I)cn2)ccn1. The van der Waals surface area contributed by atoms with Gasteiger partial charge in [0.2, 0.25) is 0 Å². The second-order valence-electron chi connectivity index (χ2n) is 2.92. The maximum atomic E-state index is 7.28. The minimum atomic E-state index is -0.0429. The molecular formula is C9H8IN5. The number of nitrogens with one attached hydrogen (secondary N) is 1. The molecule has 3 N–H and O–H groups in total. The highest BCUT2D eigenvalue weighted by Crippen LogP contribution is 2.09. The highest BCUT2D eigenvalue weighted by molar-refractivity contribution is 14.1. The number of aromatic nitrogens is 3. The number of nitrogen functional groups attached to an aromatic ring is 1. The van der Waals surface area contributed by atoms with Gasteiger partial charge in [0.25, 0.3) is 0 Å². The summed E-state index contributed by atoms with van der Waals surface area (Å²) in [5.74, 6) is -0.0429. The van der Waals surface area contributed by atoms with Crippen molar-refractivity contribution in [2.75, 3.05) is 0 Å². The molecule has 2 aromatic rings. The summed E-state index contributed by atoms with van der Waals surface area (Å²) in [7, 11) is 0. The van der Waals surface area contributed by atoms with E-state index in [1.54, 1.807) is 23.1 Å². The lowest BCUT2D eigenvalue weighted by Gasteiger charge is -2.02. The molecule has 0 bridgehead atoms. The van der Waals surface area contributed by atoms with Crippen LogP contribution >= 0.6 is 22.6 Å². The normalized spacial score (nSPS) is 10.2. The van der Waals surface area contributed by atoms with Gasteiger partial charge in [-0.2, -0.15) is 5.10 Å². The minimum Gasteiger partial charge on any atom is -0.382 e. The van der Waals surface area contributed by atoms with Gasteiger partial charge in [-0.05, 0) is 34.7 Å². The Morgan fingerprint density at radius 1 is 1.53 bits per heavy atom. The molecule has 0 atom stereocenters. The smallest absolute Gasteiger partial charge is 0.141 e. The number of amidine groups is 1. The molecular weight excluding hydrogens is 305 g/mol. The standard InChI is InChI=1S/C9H8IN5/c10-6-4-14-15(5-6)7-1-2-13-8(3-7)9(11)12/h1-5H,(H3,11,12). The van der Waals surface area contributed by atoms with E-state index in [4.69, 9.17) is 11.1 Å². The van der Waals surface area contributed by atoms with Crippen molar-refractivity contribution >= 4 is 28.4 Å². The van der Waals surface area contributed by atoms with Crippen molar-refractivity contribution in [3.05, 3.63) is 40.0 Å². The lowest BCUT2D eigenvalue weighted by Crippen LogP contribution is -2.13. The number of halogens is 1. The fourth-order valence-electron chi connectivity index (χ4n) is 1.15. The lowest BCUT2D eigenvalue weighted by molar-refractivity contribution is 0.876. The van der Waals surface area contributed by atoms with Gasteiger partial charge in [-0.15, -0.1) is 0 Å². The Morgan fingerprint density at radius 2 is 2.33 bits per heavy atom. The van der Waals surface area contributed by atoms with Crippen LogP contribution in [-0.4, -0.2) is 20.6 Å². The summed E-state index contributed by atoms with van der Waals surface area (Å²) in [6.07, 6.45) is 5.26. The summed E-state index contributed by atoms with van der Waals surface area (Å²) in [6.45, 7) is 0. The summed E-state index contributed by atoms with van der Waals surface area (Å²) < 4.78 is 2.77. The Balaban J connectivity index is 2.45. The van der Waals surface area contributed by atoms with Gasteiger partial charge in [0.05, 0.1) is 15.5 Å². The van der Waals surface area contributed by atoms with Crippen LogP contribution in [0.2, 0.25) is 0 Å². The third kappa shape index (κ3) is 2.14. The minimum absolute atomic E-state index is 0.0429. The topological polar surface area (TPSA) is 80.6 Å². The number of pyridine rings is 1. The van der Waals surface area contributed by atoms with E-state index >= 15 is 0 Å². The highest BCUT2D eigenvalue weighted by atomic mass is 127. The van der Waals surface area contributed by atoms with Crippen molar-refractivity contribution in [3.63, 3.8) is 0 Å². The molecule has 2 heterocycles. The third-order valence-corrected chi connectivity index (χ3v) is 2.39. The first-order valence-electron chi connectivity index (χ1n) is 4.18. The van der Waals surface area contributed by atoms with Gasteiger partial charge in [0.1, 0.15) is 11.5 Å². The molecule has 0 aromatic carbocycles. The molecule has 0 fully saturated rings. The molecule has 6 heteroatoms. The maximum absolute atomic E-state index is 7.28. The van der Waals surface area contributed by atoms with Crippen molar-refractivity contribution < 1.29 is 0 Å². The molecule has 76 valence electrons. The van der Waals surface area contributed by atoms with E-state index in [0.29, 0.717) is 5.69 Å². The van der Waals surface area contributed by atoms with E-state index in [0.717, 1.165) is 9.26 Å². The zero-order chi connectivity index (χ0) is 10.8. The molecule has 0 saturated carbocycles. The Labute approximate surface area is 100.0 Å². The predicted octanol–water partition coefficient (Wildman–Crippen LogP) is 1.16. The Morgan fingerprint density at radius 3 is 2.93 bits per heavy atom. The van der Waals surface area contributed by atoms with Gasteiger partial charge in [0, 0.05) is 12.4 Å². The molecule has 0 aliphatic carbocycles. The van der Waals surface area contributed by atoms with Crippen LogP contribution in [0.15, 0.2) is 30.7 Å². The largest absolute Gasteiger partial charge is 0.382 e. The fraction of sp³-hybridized carbons (Fsp3) is 0. The van der Waals surface area contributed by atoms with Crippen molar-refractivity contribution in [1.29, 1.82) is 5.41 Å². The fourth-order valence-corrected chi connectivity index (χ4v) is 1.54. The average molecular weight is 313 g/mol. The summed E-state index contributed by atoms with van der Waals surface area (Å²) in [5.41, 5.74) is 6.66. The molecule has 0 aliphatic heterocycles. The van der Waals surface area contributed by atoms with Crippen LogP contribution in [0.4, 0.5) is 0 Å². The monoisotopic (exact) mass is 313 g/mol. The van der Waals surface area contributed by atoms with E-state index in [1.165, 1.54) is 0 Å². The number of hydrogen-bond acceptors (Lipinski definition) is 3. The Hall–Kier alpha value is -1.44. The summed E-state index contributed by atoms with van der Waals surface area (Å²) >= 11 is 2.18. The first kappa shape index (κ1) is 10.1. The second-order valence-corrected chi connectivity index (χ2v) is 4.16. The van der Waals surface area contributed by atoms with Gasteiger partial charge in [-0.1, -0.05) is 0 Å². The van der Waals surface area contributed by atoms with Crippen molar-refractivity contribution in [1.82, 2.24) is 14.8 Å². The molecule has 0 saturated heterocycles. The van der Waals surface area contributed by atoms with Crippen LogP contribution < -0.4 is 5.73 Å². The number of rotatable bonds is 2. The Bertz CT molecular complexity index is 505. The van der Waals surface area contributed by atoms with Crippen molar-refractivity contribution in [2.24, 2.45) is 5.73 Å². The quantitative estimate of drug-likeness (QED) is 0.496. The zero-order valence-electron chi connectivity index (χ0n) is 7.68. The first-order chi connectivity index (χ1) is 7.16. The number of nitrogens with zero attached hydrogens (tertiary/aromatic N) is 3. The molecule has 0 radical (unpaired) electrons. The zero-order valence-corrected chi connectivity index (χ0v) is 9.84. The Kier molecular flexibility index (Phi) is 2.67. The third-order valence-electron chi connectivity index (χ3n) is 1.84. The van der Waals surface area contributed by atoms with Crippen molar-refractivity contribution in [3.8, 4) is 5.69 Å². The van der Waals surface area contributed by atoms with E-state index < -0.39 is 0 Å². The lowest BCUT2D eigenvalue weighted by atomic mass is 10.3. The summed E-state index contributed by atoms with van der Waals surface area (Å²) in [5, 5.41) is 11.4. The van der Waals surface area contributed by atoms with E-state index in [9.17, 15) is 0 Å². The molecule has 5 nitrogen and oxygen atoms in total. The highest BCUT2D eigenvalue weighted by Gasteiger charge is 2.02. The van der Waals surface area contributed by atoms with Crippen LogP contribution in [0.25, 0.3) is 5.69 Å². The van der Waals surface area contributed by atoms with Gasteiger partial charge in [-0.25, -0.2) is 4.68 Å². The average Bonchev–Trinajstić information content (AvgIpc) is 2.65. The molecule has 0 spiro atoms. The molecule has 2 aromatic heterocycles. The summed E-state index contributed by atoms with van der Waals surface area (Å²) in [4.78, 5) is 3.98. The van der Waals surface area contributed by atoms with Gasteiger partial charge in [-0.3, -0.25) is 10.4 Å². The van der Waals surface area contributed by atoms with Crippen LogP contribution in [-0.2, 0) is 0 Å². The van der Waals surface area contributed by atoms with Gasteiger partial charge >= 0.3 is 0 Å². The second kappa shape index (κ2) is 3.97. The van der Waals surface area contributed by atoms with Crippen LogP contribution in [0.5, 0.6) is 0 Å². The van der Waals surface area contributed by atoms with Crippen LogP contribution in [0.3, 0.4) is 0 Å². The van der Waals surface area contributed by atoms with Crippen molar-refractivity contribution in [2.45, 2.75) is 0 Å². The van der Waals surface area contributed by atoms with E-state index in [1.807, 2.05) is 12.3 Å².